The smallest absolute Gasteiger partial charge is 0.223 e. The summed E-state index contributed by atoms with van der Waals surface area (Å²) in [7, 11) is 0. The highest BCUT2D eigenvalue weighted by Crippen LogP contribution is 2.28. The Hall–Kier alpha value is -0.570. The molecule has 0 saturated carbocycles. The summed E-state index contributed by atoms with van der Waals surface area (Å²) in [6.45, 7) is 9.23. The molecule has 1 rings (SSSR count). The number of nitrogens with two attached hydrogens (primary N) is 1. The molecular weight excluding hydrogens is 188 g/mol. The molecule has 3 nitrogen and oxygen atoms in total. The summed E-state index contributed by atoms with van der Waals surface area (Å²) in [5.74, 6) is 0.856. The molecule has 3 heteroatoms. The van der Waals surface area contributed by atoms with Crippen molar-refractivity contribution < 1.29 is 4.79 Å². The third kappa shape index (κ3) is 3.20. The van der Waals surface area contributed by atoms with Crippen molar-refractivity contribution in [3.05, 3.63) is 0 Å². The number of hydrogen-bond donors (Lipinski definition) is 1. The van der Waals surface area contributed by atoms with Crippen LogP contribution in [0.3, 0.4) is 0 Å². The van der Waals surface area contributed by atoms with Gasteiger partial charge in [0.05, 0.1) is 0 Å². The van der Waals surface area contributed by atoms with Crippen molar-refractivity contribution in [2.75, 3.05) is 6.54 Å². The van der Waals surface area contributed by atoms with E-state index in [1.807, 2.05) is 4.90 Å². The third-order valence-corrected chi connectivity index (χ3v) is 3.15. The van der Waals surface area contributed by atoms with Crippen molar-refractivity contribution in [3.8, 4) is 0 Å². The number of likely N-dealkylation sites (tertiary alicyclic amines) is 1. The molecule has 88 valence electrons. The topological polar surface area (TPSA) is 46.3 Å². The van der Waals surface area contributed by atoms with Crippen molar-refractivity contribution in [2.45, 2.75) is 58.5 Å². The van der Waals surface area contributed by atoms with Crippen LogP contribution in [-0.2, 0) is 4.79 Å². The van der Waals surface area contributed by atoms with Gasteiger partial charge in [-0.25, -0.2) is 0 Å². The molecule has 1 aliphatic rings. The highest BCUT2D eigenvalue weighted by atomic mass is 16.2. The molecule has 2 N–H and O–H groups in total. The number of carbonyl (C=O) groups is 1. The second-order valence-corrected chi connectivity index (χ2v) is 5.71. The summed E-state index contributed by atoms with van der Waals surface area (Å²) in [5, 5.41) is 0. The Morgan fingerprint density at radius 2 is 2.13 bits per heavy atom. The van der Waals surface area contributed by atoms with Crippen molar-refractivity contribution in [3.63, 3.8) is 0 Å². The summed E-state index contributed by atoms with van der Waals surface area (Å²) in [4.78, 5) is 13.9. The fraction of sp³-hybridized carbons (Fsp3) is 0.917. The van der Waals surface area contributed by atoms with E-state index in [9.17, 15) is 4.79 Å². The first-order valence-corrected chi connectivity index (χ1v) is 5.89. The Bertz CT molecular complexity index is 236. The molecule has 1 saturated heterocycles. The van der Waals surface area contributed by atoms with Crippen molar-refractivity contribution in [2.24, 2.45) is 11.7 Å². The molecule has 1 atom stereocenters. The van der Waals surface area contributed by atoms with Gasteiger partial charge in [-0.3, -0.25) is 4.79 Å². The van der Waals surface area contributed by atoms with E-state index in [2.05, 4.69) is 27.7 Å². The van der Waals surface area contributed by atoms with Crippen LogP contribution in [0.15, 0.2) is 0 Å². The van der Waals surface area contributed by atoms with E-state index in [1.54, 1.807) is 0 Å². The Morgan fingerprint density at radius 3 is 2.53 bits per heavy atom. The van der Waals surface area contributed by atoms with Crippen LogP contribution in [0.5, 0.6) is 0 Å². The molecule has 1 aliphatic heterocycles. The lowest BCUT2D eigenvalue weighted by Crippen LogP contribution is -2.42. The minimum Gasteiger partial charge on any atom is -0.336 e. The number of nitrogens with zero attached hydrogens (tertiary/aromatic N) is 1. The number of rotatable bonds is 3. The maximum absolute atomic E-state index is 12.0. The zero-order valence-corrected chi connectivity index (χ0v) is 10.4. The summed E-state index contributed by atoms with van der Waals surface area (Å²) in [6, 6.07) is 0.156. The van der Waals surface area contributed by atoms with Gasteiger partial charge in [0.15, 0.2) is 0 Å². The molecule has 1 amide bonds. The molecule has 0 bridgehead atoms. The summed E-state index contributed by atoms with van der Waals surface area (Å²) in [6.07, 6.45) is 2.55. The van der Waals surface area contributed by atoms with Gasteiger partial charge >= 0.3 is 0 Å². The molecule has 0 aromatic carbocycles. The fourth-order valence-electron chi connectivity index (χ4n) is 2.28. The van der Waals surface area contributed by atoms with Gasteiger partial charge in [-0.1, -0.05) is 13.8 Å². The molecule has 0 aliphatic carbocycles. The molecule has 0 spiro atoms. The number of amides is 1. The van der Waals surface area contributed by atoms with Crippen LogP contribution in [0.4, 0.5) is 0 Å². The molecule has 1 fully saturated rings. The molecule has 1 heterocycles. The van der Waals surface area contributed by atoms with Crippen LogP contribution in [0.1, 0.15) is 47.0 Å². The maximum atomic E-state index is 12.0. The van der Waals surface area contributed by atoms with Gasteiger partial charge in [-0.05, 0) is 32.6 Å². The molecule has 15 heavy (non-hydrogen) atoms. The Balaban J connectivity index is 2.52. The Labute approximate surface area is 93.0 Å². The lowest BCUT2D eigenvalue weighted by atomic mass is 10.00. The van der Waals surface area contributed by atoms with E-state index in [0.717, 1.165) is 19.4 Å². The number of hydrogen-bond acceptors (Lipinski definition) is 2. The average Bonchev–Trinajstić information content (AvgIpc) is 2.35. The molecule has 1 unspecified atom stereocenters. The zero-order valence-electron chi connectivity index (χ0n) is 10.4. The Kier molecular flexibility index (Phi) is 3.77. The average molecular weight is 212 g/mol. The first kappa shape index (κ1) is 12.5. The molecule has 0 aromatic rings. The molecule has 0 radical (unpaired) electrons. The lowest BCUT2D eigenvalue weighted by molar-refractivity contribution is -0.134. The van der Waals surface area contributed by atoms with Crippen molar-refractivity contribution in [1.82, 2.24) is 4.90 Å². The zero-order chi connectivity index (χ0) is 11.6. The quantitative estimate of drug-likeness (QED) is 0.775. The highest BCUT2D eigenvalue weighted by Gasteiger charge is 2.39. The largest absolute Gasteiger partial charge is 0.336 e. The van der Waals surface area contributed by atoms with Gasteiger partial charge in [-0.2, -0.15) is 0 Å². The summed E-state index contributed by atoms with van der Waals surface area (Å²) >= 11 is 0. The normalized spacial score (nSPS) is 24.9. The minimum atomic E-state index is -0.0481. The fourth-order valence-corrected chi connectivity index (χ4v) is 2.28. The van der Waals surface area contributed by atoms with E-state index in [-0.39, 0.29) is 17.5 Å². The monoisotopic (exact) mass is 212 g/mol. The van der Waals surface area contributed by atoms with Crippen molar-refractivity contribution >= 4 is 5.91 Å². The predicted octanol–water partition coefficient (Wildman–Crippen LogP) is 1.76. The minimum absolute atomic E-state index is 0.0481. The summed E-state index contributed by atoms with van der Waals surface area (Å²) in [5.41, 5.74) is 5.85. The van der Waals surface area contributed by atoms with Crippen LogP contribution in [-0.4, -0.2) is 28.9 Å². The number of carbonyl (C=O) groups excluding carboxylic acids is 1. The van der Waals surface area contributed by atoms with Gasteiger partial charge < -0.3 is 10.6 Å². The van der Waals surface area contributed by atoms with Gasteiger partial charge in [-0.15, -0.1) is 0 Å². The summed E-state index contributed by atoms with van der Waals surface area (Å²) < 4.78 is 0. The van der Waals surface area contributed by atoms with E-state index in [4.69, 9.17) is 5.73 Å². The van der Waals surface area contributed by atoms with Crippen LogP contribution in [0.25, 0.3) is 0 Å². The van der Waals surface area contributed by atoms with Crippen molar-refractivity contribution in [1.29, 1.82) is 0 Å². The SMILES string of the molecule is CC(C)CCC(=O)N1CC(N)CC1(C)C. The standard InChI is InChI=1S/C12H24N2O/c1-9(2)5-6-11(15)14-8-10(13)7-12(14,3)4/h9-10H,5-8,13H2,1-4H3. The van der Waals surface area contributed by atoms with E-state index in [1.165, 1.54) is 0 Å². The third-order valence-electron chi connectivity index (χ3n) is 3.15. The molecule has 0 aromatic heterocycles. The van der Waals surface area contributed by atoms with Gasteiger partial charge in [0.2, 0.25) is 5.91 Å². The van der Waals surface area contributed by atoms with Gasteiger partial charge in [0.25, 0.3) is 0 Å². The van der Waals surface area contributed by atoms with Crippen LogP contribution < -0.4 is 5.73 Å². The second kappa shape index (κ2) is 4.52. The van der Waals surface area contributed by atoms with E-state index in [0.29, 0.717) is 12.3 Å². The predicted molar refractivity (Wildman–Crippen MR) is 62.5 cm³/mol. The lowest BCUT2D eigenvalue weighted by Gasteiger charge is -2.31. The van der Waals surface area contributed by atoms with Crippen LogP contribution >= 0.6 is 0 Å². The van der Waals surface area contributed by atoms with Crippen LogP contribution in [0.2, 0.25) is 0 Å². The van der Waals surface area contributed by atoms with Crippen LogP contribution in [0, 0.1) is 5.92 Å². The second-order valence-electron chi connectivity index (χ2n) is 5.71. The first-order valence-electron chi connectivity index (χ1n) is 5.89. The Morgan fingerprint density at radius 1 is 1.53 bits per heavy atom. The van der Waals surface area contributed by atoms with Gasteiger partial charge in [0.1, 0.15) is 0 Å². The van der Waals surface area contributed by atoms with E-state index < -0.39 is 0 Å². The molecular formula is C12H24N2O. The maximum Gasteiger partial charge on any atom is 0.223 e. The first-order chi connectivity index (χ1) is 6.83. The highest BCUT2D eigenvalue weighted by molar-refractivity contribution is 5.77. The van der Waals surface area contributed by atoms with E-state index >= 15 is 0 Å². The van der Waals surface area contributed by atoms with Gasteiger partial charge in [0, 0.05) is 24.5 Å².